The van der Waals surface area contributed by atoms with E-state index >= 15 is 0 Å². The van der Waals surface area contributed by atoms with Crippen LogP contribution in [0.25, 0.3) is 17.1 Å². The van der Waals surface area contributed by atoms with Gasteiger partial charge in [0.1, 0.15) is 0 Å². The molecule has 0 spiro atoms. The van der Waals surface area contributed by atoms with Gasteiger partial charge in [-0.05, 0) is 24.6 Å². The van der Waals surface area contributed by atoms with Crippen LogP contribution in [0.3, 0.4) is 0 Å². The fourth-order valence-corrected chi connectivity index (χ4v) is 1.25. The fourth-order valence-electron chi connectivity index (χ4n) is 1.25. The largest absolute Gasteiger partial charge is 0.253 e. The molecule has 2 heteroatoms. The topological polar surface area (TPSA) is 25.8 Å². The molecule has 0 saturated carbocycles. The fraction of sp³-hybridized carbons (Fsp3) is 0.0909. The van der Waals surface area contributed by atoms with Crippen LogP contribution in [-0.4, -0.2) is 9.97 Å². The SMILES string of the molecule is C=Cc1ccc2ncc(C)nc2c1. The van der Waals surface area contributed by atoms with E-state index in [0.29, 0.717) is 0 Å². The lowest BCUT2D eigenvalue weighted by Gasteiger charge is -1.98. The molecule has 0 radical (unpaired) electrons. The van der Waals surface area contributed by atoms with Gasteiger partial charge in [0, 0.05) is 6.20 Å². The Kier molecular flexibility index (Phi) is 1.81. The number of hydrogen-bond donors (Lipinski definition) is 0. The van der Waals surface area contributed by atoms with E-state index in [0.717, 1.165) is 22.3 Å². The number of hydrogen-bond acceptors (Lipinski definition) is 2. The monoisotopic (exact) mass is 170 g/mol. The van der Waals surface area contributed by atoms with Crippen LogP contribution in [0.5, 0.6) is 0 Å². The highest BCUT2D eigenvalue weighted by molar-refractivity contribution is 5.77. The maximum atomic E-state index is 4.37. The zero-order valence-electron chi connectivity index (χ0n) is 7.49. The van der Waals surface area contributed by atoms with Crippen molar-refractivity contribution in [2.24, 2.45) is 0 Å². The Morgan fingerprint density at radius 3 is 2.92 bits per heavy atom. The molecule has 1 aromatic carbocycles. The van der Waals surface area contributed by atoms with Crippen LogP contribution >= 0.6 is 0 Å². The molecule has 13 heavy (non-hydrogen) atoms. The van der Waals surface area contributed by atoms with Gasteiger partial charge in [0.05, 0.1) is 16.7 Å². The second-order valence-electron chi connectivity index (χ2n) is 2.96. The number of aromatic nitrogens is 2. The lowest BCUT2D eigenvalue weighted by molar-refractivity contribution is 1.18. The Morgan fingerprint density at radius 1 is 1.31 bits per heavy atom. The van der Waals surface area contributed by atoms with Crippen molar-refractivity contribution in [2.45, 2.75) is 6.92 Å². The minimum absolute atomic E-state index is 0.927. The van der Waals surface area contributed by atoms with E-state index < -0.39 is 0 Å². The highest BCUT2D eigenvalue weighted by Crippen LogP contribution is 2.12. The standard InChI is InChI=1S/C11H10N2/c1-3-9-4-5-10-11(6-9)13-8(2)7-12-10/h3-7H,1H2,2H3. The van der Waals surface area contributed by atoms with Gasteiger partial charge in [-0.25, -0.2) is 4.98 Å². The first-order chi connectivity index (χ1) is 6.29. The van der Waals surface area contributed by atoms with E-state index in [9.17, 15) is 0 Å². The van der Waals surface area contributed by atoms with Gasteiger partial charge in [-0.3, -0.25) is 4.98 Å². The quantitative estimate of drug-likeness (QED) is 0.657. The third-order valence-corrected chi connectivity index (χ3v) is 1.92. The summed E-state index contributed by atoms with van der Waals surface area (Å²) in [4.78, 5) is 8.63. The third kappa shape index (κ3) is 1.43. The molecule has 0 aliphatic rings. The smallest absolute Gasteiger partial charge is 0.0895 e. The van der Waals surface area contributed by atoms with Gasteiger partial charge in [0.15, 0.2) is 0 Å². The summed E-state index contributed by atoms with van der Waals surface area (Å²) in [6.45, 7) is 5.65. The second kappa shape index (κ2) is 2.98. The number of nitrogens with zero attached hydrogens (tertiary/aromatic N) is 2. The number of aryl methyl sites for hydroxylation is 1. The second-order valence-corrected chi connectivity index (χ2v) is 2.96. The minimum Gasteiger partial charge on any atom is -0.253 e. The highest BCUT2D eigenvalue weighted by atomic mass is 14.8. The number of rotatable bonds is 1. The molecule has 2 rings (SSSR count). The molecule has 0 saturated heterocycles. The maximum Gasteiger partial charge on any atom is 0.0895 e. The molecule has 0 unspecified atom stereocenters. The molecule has 1 aromatic heterocycles. The summed E-state index contributed by atoms with van der Waals surface area (Å²) in [7, 11) is 0. The summed E-state index contributed by atoms with van der Waals surface area (Å²) in [6, 6.07) is 5.93. The molecule has 0 N–H and O–H groups in total. The van der Waals surface area contributed by atoms with E-state index in [4.69, 9.17) is 0 Å². The zero-order valence-corrected chi connectivity index (χ0v) is 7.49. The van der Waals surface area contributed by atoms with Crippen molar-refractivity contribution in [1.29, 1.82) is 0 Å². The summed E-state index contributed by atoms with van der Waals surface area (Å²) in [5, 5.41) is 0. The molecule has 2 aromatic rings. The van der Waals surface area contributed by atoms with E-state index in [1.807, 2.05) is 31.2 Å². The van der Waals surface area contributed by atoms with Crippen LogP contribution in [-0.2, 0) is 0 Å². The zero-order chi connectivity index (χ0) is 9.26. The van der Waals surface area contributed by atoms with Crippen LogP contribution in [0.2, 0.25) is 0 Å². The number of fused-ring (bicyclic) bond motifs is 1. The summed E-state index contributed by atoms with van der Waals surface area (Å²) in [5.41, 5.74) is 3.87. The van der Waals surface area contributed by atoms with Gasteiger partial charge in [-0.2, -0.15) is 0 Å². The van der Waals surface area contributed by atoms with E-state index in [1.54, 1.807) is 6.20 Å². The molecule has 0 amide bonds. The van der Waals surface area contributed by atoms with Crippen LogP contribution in [0, 0.1) is 6.92 Å². The first-order valence-electron chi connectivity index (χ1n) is 4.15. The van der Waals surface area contributed by atoms with Crippen LogP contribution < -0.4 is 0 Å². The van der Waals surface area contributed by atoms with E-state index in [2.05, 4.69) is 16.5 Å². The normalized spacial score (nSPS) is 10.2. The Labute approximate surface area is 77.0 Å². The molecule has 0 aliphatic carbocycles. The summed E-state index contributed by atoms with van der Waals surface area (Å²) >= 11 is 0. The van der Waals surface area contributed by atoms with Gasteiger partial charge in [0.2, 0.25) is 0 Å². The lowest BCUT2D eigenvalue weighted by atomic mass is 10.2. The van der Waals surface area contributed by atoms with Gasteiger partial charge < -0.3 is 0 Å². The van der Waals surface area contributed by atoms with Crippen molar-refractivity contribution in [1.82, 2.24) is 9.97 Å². The molecule has 0 aliphatic heterocycles. The van der Waals surface area contributed by atoms with Crippen molar-refractivity contribution in [3.8, 4) is 0 Å². The lowest BCUT2D eigenvalue weighted by Crippen LogP contribution is -1.87. The van der Waals surface area contributed by atoms with E-state index in [1.165, 1.54) is 0 Å². The van der Waals surface area contributed by atoms with Gasteiger partial charge >= 0.3 is 0 Å². The van der Waals surface area contributed by atoms with Gasteiger partial charge in [-0.15, -0.1) is 0 Å². The van der Waals surface area contributed by atoms with Crippen LogP contribution in [0.15, 0.2) is 31.0 Å². The van der Waals surface area contributed by atoms with Crippen molar-refractivity contribution in [3.05, 3.63) is 42.2 Å². The number of benzene rings is 1. The van der Waals surface area contributed by atoms with Crippen LogP contribution in [0.4, 0.5) is 0 Å². The van der Waals surface area contributed by atoms with Gasteiger partial charge in [0.25, 0.3) is 0 Å². The van der Waals surface area contributed by atoms with Crippen molar-refractivity contribution in [2.75, 3.05) is 0 Å². The predicted octanol–water partition coefficient (Wildman–Crippen LogP) is 2.58. The Hall–Kier alpha value is -1.70. The average Bonchev–Trinajstić information content (AvgIpc) is 2.16. The molecule has 2 nitrogen and oxygen atoms in total. The molecule has 64 valence electrons. The maximum absolute atomic E-state index is 4.37. The Morgan fingerprint density at radius 2 is 2.15 bits per heavy atom. The van der Waals surface area contributed by atoms with Crippen molar-refractivity contribution < 1.29 is 0 Å². The van der Waals surface area contributed by atoms with Crippen molar-refractivity contribution >= 4 is 17.1 Å². The minimum atomic E-state index is 0.927. The summed E-state index contributed by atoms with van der Waals surface area (Å²) in [6.07, 6.45) is 3.58. The molecule has 0 atom stereocenters. The third-order valence-electron chi connectivity index (χ3n) is 1.92. The molecular weight excluding hydrogens is 160 g/mol. The Balaban J connectivity index is 2.74. The van der Waals surface area contributed by atoms with Gasteiger partial charge in [-0.1, -0.05) is 18.7 Å². The average molecular weight is 170 g/mol. The molecule has 0 bridgehead atoms. The predicted molar refractivity (Wildman–Crippen MR) is 54.4 cm³/mol. The summed E-state index contributed by atoms with van der Waals surface area (Å²) < 4.78 is 0. The first kappa shape index (κ1) is 7.92. The molecular formula is C11H10N2. The van der Waals surface area contributed by atoms with E-state index in [-0.39, 0.29) is 0 Å². The van der Waals surface area contributed by atoms with Crippen molar-refractivity contribution in [3.63, 3.8) is 0 Å². The van der Waals surface area contributed by atoms with Crippen LogP contribution in [0.1, 0.15) is 11.3 Å². The molecule has 0 fully saturated rings. The highest BCUT2D eigenvalue weighted by Gasteiger charge is 1.96. The first-order valence-corrected chi connectivity index (χ1v) is 4.15. The molecule has 1 heterocycles. The Bertz CT molecular complexity index is 461. The summed E-state index contributed by atoms with van der Waals surface area (Å²) in [5.74, 6) is 0.